The van der Waals surface area contributed by atoms with Crippen LogP contribution in [0.4, 0.5) is 0 Å². The van der Waals surface area contributed by atoms with E-state index < -0.39 is 10.0 Å². The lowest BCUT2D eigenvalue weighted by atomic mass is 10.1. The normalized spacial score (nSPS) is 11.7. The summed E-state index contributed by atoms with van der Waals surface area (Å²) in [5, 5.41) is 1.15. The SMILES string of the molecule is CCc1oc2ccccc2c1CN(C)C(=O)c1cc(S(=O)(=O)NC)ccc1Cl. The van der Waals surface area contributed by atoms with Gasteiger partial charge >= 0.3 is 0 Å². The van der Waals surface area contributed by atoms with Crippen molar-refractivity contribution >= 4 is 38.5 Å². The van der Waals surface area contributed by atoms with E-state index in [9.17, 15) is 13.2 Å². The average Bonchev–Trinajstić information content (AvgIpc) is 3.05. The number of halogens is 1. The minimum atomic E-state index is -3.68. The molecule has 0 aliphatic carbocycles. The maximum absolute atomic E-state index is 13.0. The number of fused-ring (bicyclic) bond motifs is 1. The van der Waals surface area contributed by atoms with Gasteiger partial charge in [0.2, 0.25) is 10.0 Å². The molecule has 8 heteroatoms. The summed E-state index contributed by atoms with van der Waals surface area (Å²) in [7, 11) is -0.715. The van der Waals surface area contributed by atoms with Gasteiger partial charge in [0.1, 0.15) is 11.3 Å². The molecule has 0 aliphatic heterocycles. The highest BCUT2D eigenvalue weighted by atomic mass is 35.5. The lowest BCUT2D eigenvalue weighted by Gasteiger charge is -2.19. The smallest absolute Gasteiger partial charge is 0.255 e. The lowest BCUT2D eigenvalue weighted by Crippen LogP contribution is -2.27. The summed E-state index contributed by atoms with van der Waals surface area (Å²) in [5.41, 5.74) is 1.84. The zero-order valence-electron chi connectivity index (χ0n) is 15.8. The Morgan fingerprint density at radius 1 is 1.21 bits per heavy atom. The molecule has 0 unspecified atom stereocenters. The van der Waals surface area contributed by atoms with Crippen molar-refractivity contribution in [3.63, 3.8) is 0 Å². The van der Waals surface area contributed by atoms with Gasteiger partial charge in [0, 0.05) is 31.0 Å². The van der Waals surface area contributed by atoms with Crippen molar-refractivity contribution in [1.82, 2.24) is 9.62 Å². The Hall–Kier alpha value is -2.35. The minimum Gasteiger partial charge on any atom is -0.461 e. The molecule has 1 aromatic heterocycles. The van der Waals surface area contributed by atoms with Crippen LogP contribution in [-0.2, 0) is 23.0 Å². The molecular weight excluding hydrogens is 400 g/mol. The molecule has 28 heavy (non-hydrogen) atoms. The number of rotatable bonds is 6. The number of amides is 1. The van der Waals surface area contributed by atoms with Gasteiger partial charge < -0.3 is 9.32 Å². The number of hydrogen-bond acceptors (Lipinski definition) is 4. The topological polar surface area (TPSA) is 79.6 Å². The number of carbonyl (C=O) groups excluding carboxylic acids is 1. The molecule has 0 radical (unpaired) electrons. The van der Waals surface area contributed by atoms with Gasteiger partial charge in [0.15, 0.2) is 0 Å². The fourth-order valence-electron chi connectivity index (χ4n) is 3.08. The highest BCUT2D eigenvalue weighted by Crippen LogP contribution is 2.28. The highest BCUT2D eigenvalue weighted by Gasteiger charge is 2.22. The molecular formula is C20H21ClN2O4S. The van der Waals surface area contributed by atoms with E-state index in [0.717, 1.165) is 22.3 Å². The van der Waals surface area contributed by atoms with E-state index >= 15 is 0 Å². The van der Waals surface area contributed by atoms with E-state index in [1.165, 1.54) is 30.1 Å². The molecule has 3 rings (SSSR count). The highest BCUT2D eigenvalue weighted by molar-refractivity contribution is 7.89. The summed E-state index contributed by atoms with van der Waals surface area (Å²) in [6, 6.07) is 11.7. The number of para-hydroxylation sites is 1. The van der Waals surface area contributed by atoms with Crippen LogP contribution in [0.5, 0.6) is 0 Å². The van der Waals surface area contributed by atoms with Gasteiger partial charge in [-0.25, -0.2) is 13.1 Å². The molecule has 2 aromatic carbocycles. The number of benzene rings is 2. The fraction of sp³-hybridized carbons (Fsp3) is 0.250. The predicted molar refractivity (Wildman–Crippen MR) is 109 cm³/mol. The third-order valence-corrected chi connectivity index (χ3v) is 6.33. The third kappa shape index (κ3) is 3.78. The van der Waals surface area contributed by atoms with Crippen molar-refractivity contribution in [2.24, 2.45) is 0 Å². The van der Waals surface area contributed by atoms with Gasteiger partial charge in [0.25, 0.3) is 5.91 Å². The molecule has 1 heterocycles. The second-order valence-corrected chi connectivity index (χ2v) is 8.66. The van der Waals surface area contributed by atoms with Crippen molar-refractivity contribution in [2.75, 3.05) is 14.1 Å². The molecule has 1 N–H and O–H groups in total. The zero-order valence-corrected chi connectivity index (χ0v) is 17.4. The number of nitrogens with one attached hydrogen (secondary N) is 1. The Balaban J connectivity index is 1.95. The number of nitrogens with zero attached hydrogens (tertiary/aromatic N) is 1. The Kier molecular flexibility index (Phi) is 5.79. The van der Waals surface area contributed by atoms with Crippen molar-refractivity contribution in [1.29, 1.82) is 0 Å². The molecule has 1 amide bonds. The summed E-state index contributed by atoms with van der Waals surface area (Å²) in [6.45, 7) is 2.31. The molecule has 0 aliphatic rings. The molecule has 6 nitrogen and oxygen atoms in total. The second-order valence-electron chi connectivity index (χ2n) is 6.36. The number of furan rings is 1. The van der Waals surface area contributed by atoms with E-state index in [2.05, 4.69) is 4.72 Å². The van der Waals surface area contributed by atoms with E-state index in [0.29, 0.717) is 13.0 Å². The standard InChI is InChI=1S/C20H21ClN2O4S/c1-4-18-16(14-7-5-6-8-19(14)27-18)12-23(3)20(24)15-11-13(9-10-17(15)21)28(25,26)22-2/h5-11,22H,4,12H2,1-3H3. The van der Waals surface area contributed by atoms with E-state index in [4.69, 9.17) is 16.0 Å². The van der Waals surface area contributed by atoms with E-state index in [1.807, 2.05) is 31.2 Å². The number of sulfonamides is 1. The van der Waals surface area contributed by atoms with Crippen LogP contribution < -0.4 is 4.72 Å². The lowest BCUT2D eigenvalue weighted by molar-refractivity contribution is 0.0785. The van der Waals surface area contributed by atoms with Gasteiger partial charge in [0.05, 0.1) is 15.5 Å². The number of carbonyl (C=O) groups is 1. The Morgan fingerprint density at radius 3 is 2.61 bits per heavy atom. The molecule has 0 saturated heterocycles. The van der Waals surface area contributed by atoms with Crippen LogP contribution in [-0.4, -0.2) is 33.3 Å². The zero-order chi connectivity index (χ0) is 20.5. The average molecular weight is 421 g/mol. The summed E-state index contributed by atoms with van der Waals surface area (Å²) in [6.07, 6.45) is 0.697. The van der Waals surface area contributed by atoms with Crippen LogP contribution in [0, 0.1) is 0 Å². The van der Waals surface area contributed by atoms with E-state index in [-0.39, 0.29) is 21.4 Å². The van der Waals surface area contributed by atoms with Crippen molar-refractivity contribution < 1.29 is 17.6 Å². The quantitative estimate of drug-likeness (QED) is 0.657. The molecule has 0 spiro atoms. The van der Waals surface area contributed by atoms with Gasteiger partial charge in [-0.2, -0.15) is 0 Å². The van der Waals surface area contributed by atoms with Crippen molar-refractivity contribution in [3.8, 4) is 0 Å². The maximum atomic E-state index is 13.0. The first-order valence-electron chi connectivity index (χ1n) is 8.76. The van der Waals surface area contributed by atoms with Crippen molar-refractivity contribution in [3.05, 3.63) is 64.4 Å². The van der Waals surface area contributed by atoms with Crippen LogP contribution in [0.2, 0.25) is 5.02 Å². The maximum Gasteiger partial charge on any atom is 0.255 e. The Labute approximate surface area is 169 Å². The molecule has 3 aromatic rings. The van der Waals surface area contributed by atoms with Gasteiger partial charge in [-0.3, -0.25) is 4.79 Å². The van der Waals surface area contributed by atoms with E-state index in [1.54, 1.807) is 7.05 Å². The Morgan fingerprint density at radius 2 is 1.93 bits per heavy atom. The van der Waals surface area contributed by atoms with Crippen LogP contribution in [0.1, 0.15) is 28.6 Å². The molecule has 148 valence electrons. The predicted octanol–water partition coefficient (Wildman–Crippen LogP) is 3.83. The summed E-state index contributed by atoms with van der Waals surface area (Å²) >= 11 is 6.18. The van der Waals surface area contributed by atoms with Gasteiger partial charge in [-0.05, 0) is 31.3 Å². The van der Waals surface area contributed by atoms with Gasteiger partial charge in [-0.1, -0.05) is 36.7 Å². The van der Waals surface area contributed by atoms with Gasteiger partial charge in [-0.15, -0.1) is 0 Å². The van der Waals surface area contributed by atoms with Crippen LogP contribution in [0.25, 0.3) is 11.0 Å². The number of hydrogen-bond donors (Lipinski definition) is 1. The summed E-state index contributed by atoms with van der Waals surface area (Å²) < 4.78 is 32.2. The fourth-order valence-corrected chi connectivity index (χ4v) is 4.03. The third-order valence-electron chi connectivity index (χ3n) is 4.59. The second kappa shape index (κ2) is 7.95. The molecule has 0 atom stereocenters. The molecule has 0 fully saturated rings. The first kappa shape index (κ1) is 20.4. The molecule has 0 bridgehead atoms. The first-order chi connectivity index (χ1) is 13.3. The largest absolute Gasteiger partial charge is 0.461 e. The summed E-state index contributed by atoms with van der Waals surface area (Å²) in [4.78, 5) is 14.5. The molecule has 0 saturated carbocycles. The van der Waals surface area contributed by atoms with Crippen molar-refractivity contribution in [2.45, 2.75) is 24.8 Å². The summed E-state index contributed by atoms with van der Waals surface area (Å²) in [5.74, 6) is 0.448. The monoisotopic (exact) mass is 420 g/mol. The van der Waals surface area contributed by atoms with Crippen LogP contribution in [0.3, 0.4) is 0 Å². The first-order valence-corrected chi connectivity index (χ1v) is 10.6. The van der Waals surface area contributed by atoms with Crippen LogP contribution >= 0.6 is 11.6 Å². The minimum absolute atomic E-state index is 0.0147. The number of aryl methyl sites for hydroxylation is 1. The van der Waals surface area contributed by atoms with Crippen LogP contribution in [0.15, 0.2) is 51.8 Å². The Bertz CT molecular complexity index is 1140.